The number of allylic oxidation sites excluding steroid dienone is 6. The highest BCUT2D eigenvalue weighted by Gasteiger charge is 2.13. The van der Waals surface area contributed by atoms with E-state index in [0.29, 0.717) is 27.7 Å². The molecule has 1 rings (SSSR count). The highest BCUT2D eigenvalue weighted by atomic mass is 35.5. The molecule has 0 bridgehead atoms. The number of halogens is 1. The number of alkyl carbamates (subject to hydrolysis) is 1. The first-order valence-corrected chi connectivity index (χ1v) is 11.5. The minimum absolute atomic E-state index is 0.0779. The molecule has 1 aromatic carbocycles. The number of aliphatic imine (C=N–C) groups is 1. The number of rotatable bonds is 9. The zero-order valence-corrected chi connectivity index (χ0v) is 21.7. The summed E-state index contributed by atoms with van der Waals surface area (Å²) >= 11 is 6.09. The van der Waals surface area contributed by atoms with E-state index in [-0.39, 0.29) is 13.2 Å². The van der Waals surface area contributed by atoms with Gasteiger partial charge < -0.3 is 21.5 Å². The van der Waals surface area contributed by atoms with E-state index in [2.05, 4.69) is 23.3 Å². The lowest BCUT2D eigenvalue weighted by Gasteiger charge is -2.15. The first kappa shape index (κ1) is 30.0. The number of amides is 1. The van der Waals surface area contributed by atoms with Gasteiger partial charge in [-0.2, -0.15) is 0 Å². The summed E-state index contributed by atoms with van der Waals surface area (Å²) in [5, 5.41) is 3.27. The van der Waals surface area contributed by atoms with Crippen LogP contribution in [0.15, 0.2) is 75.6 Å². The summed E-state index contributed by atoms with van der Waals surface area (Å²) in [6, 6.07) is 7.20. The maximum absolute atomic E-state index is 12.2. The Morgan fingerprint density at radius 2 is 1.76 bits per heavy atom. The molecule has 1 aromatic rings. The van der Waals surface area contributed by atoms with Gasteiger partial charge in [0.1, 0.15) is 6.61 Å². The van der Waals surface area contributed by atoms with E-state index in [4.69, 9.17) is 27.8 Å². The van der Waals surface area contributed by atoms with Crippen molar-refractivity contribution in [1.82, 2.24) is 5.32 Å². The van der Waals surface area contributed by atoms with Crippen LogP contribution in [0, 0.1) is 0 Å². The van der Waals surface area contributed by atoms with Gasteiger partial charge in [0.25, 0.3) is 0 Å². The average molecular weight is 475 g/mol. The summed E-state index contributed by atoms with van der Waals surface area (Å²) in [7, 11) is 1.68. The molecule has 182 valence electrons. The largest absolute Gasteiger partial charge is 0.445 e. The van der Waals surface area contributed by atoms with E-state index in [1.54, 1.807) is 26.1 Å². The molecule has 0 aliphatic heterocycles. The molecule has 0 aliphatic rings. The Hall–Kier alpha value is -2.99. The van der Waals surface area contributed by atoms with E-state index >= 15 is 0 Å². The zero-order valence-electron chi connectivity index (χ0n) is 21.0. The van der Waals surface area contributed by atoms with E-state index < -0.39 is 6.09 Å². The molecular weight excluding hydrogens is 436 g/mol. The molecule has 0 saturated heterocycles. The number of benzene rings is 1. The van der Waals surface area contributed by atoms with Gasteiger partial charge in [0.15, 0.2) is 0 Å². The van der Waals surface area contributed by atoms with Gasteiger partial charge in [-0.1, -0.05) is 62.7 Å². The second kappa shape index (κ2) is 16.6. The molecule has 0 fully saturated rings. The van der Waals surface area contributed by atoms with Crippen LogP contribution < -0.4 is 16.8 Å². The standard InChI is InChI=1S/C24H33ClN4O2.C2H6/c1-6-9-16(2)22(27)13-12-17(3)23(28-5)20(18(4)26)14-29-24(30)31-15-19-10-7-8-11-21(19)25;1-2/h7-13H,6,14-15,26-27H2,1-5H3,(H,29,30);1-2H3/b16-9+,17-12+,20-18-,22-13+,28-23?;. The van der Waals surface area contributed by atoms with Crippen molar-refractivity contribution in [3.63, 3.8) is 0 Å². The molecule has 5 N–H and O–H groups in total. The van der Waals surface area contributed by atoms with Crippen LogP contribution in [-0.4, -0.2) is 25.4 Å². The molecule has 0 radical (unpaired) electrons. The summed E-state index contributed by atoms with van der Waals surface area (Å²) in [6.07, 6.45) is 6.15. The lowest BCUT2D eigenvalue weighted by Crippen LogP contribution is -2.30. The van der Waals surface area contributed by atoms with Crippen molar-refractivity contribution in [1.29, 1.82) is 0 Å². The third kappa shape index (κ3) is 10.9. The van der Waals surface area contributed by atoms with Gasteiger partial charge in [-0.15, -0.1) is 0 Å². The fourth-order valence-corrected chi connectivity index (χ4v) is 2.97. The van der Waals surface area contributed by atoms with E-state index in [9.17, 15) is 4.79 Å². The van der Waals surface area contributed by atoms with Gasteiger partial charge in [0.05, 0.1) is 5.71 Å². The molecule has 0 atom stereocenters. The van der Waals surface area contributed by atoms with Crippen molar-refractivity contribution in [2.45, 2.75) is 54.6 Å². The van der Waals surface area contributed by atoms with Crippen molar-refractivity contribution >= 4 is 23.4 Å². The predicted octanol–water partition coefficient (Wildman–Crippen LogP) is 6.04. The Morgan fingerprint density at radius 3 is 2.30 bits per heavy atom. The van der Waals surface area contributed by atoms with Crippen molar-refractivity contribution < 1.29 is 9.53 Å². The first-order chi connectivity index (χ1) is 15.7. The topological polar surface area (TPSA) is 103 Å². The fraction of sp³-hybridized carbons (Fsp3) is 0.385. The predicted molar refractivity (Wildman–Crippen MR) is 141 cm³/mol. The number of ether oxygens (including phenoxy) is 1. The van der Waals surface area contributed by atoms with Crippen LogP contribution in [0.5, 0.6) is 0 Å². The molecular formula is C26H39ClN4O2. The number of carbonyl (C=O) groups is 1. The van der Waals surface area contributed by atoms with Gasteiger partial charge >= 0.3 is 6.09 Å². The van der Waals surface area contributed by atoms with Gasteiger partial charge in [-0.3, -0.25) is 4.99 Å². The molecule has 0 aliphatic carbocycles. The fourth-order valence-electron chi connectivity index (χ4n) is 2.78. The maximum Gasteiger partial charge on any atom is 0.407 e. The van der Waals surface area contributed by atoms with Crippen LogP contribution in [0.2, 0.25) is 5.02 Å². The van der Waals surface area contributed by atoms with Crippen molar-refractivity contribution in [3.05, 3.63) is 81.2 Å². The van der Waals surface area contributed by atoms with Crippen molar-refractivity contribution in [2.75, 3.05) is 13.6 Å². The van der Waals surface area contributed by atoms with Crippen LogP contribution in [-0.2, 0) is 11.3 Å². The molecule has 33 heavy (non-hydrogen) atoms. The molecule has 0 heterocycles. The Bertz CT molecular complexity index is 924. The van der Waals surface area contributed by atoms with Crippen molar-refractivity contribution in [3.8, 4) is 0 Å². The molecule has 0 spiro atoms. The van der Waals surface area contributed by atoms with E-state index in [1.165, 1.54) is 0 Å². The molecule has 6 nitrogen and oxygen atoms in total. The van der Waals surface area contributed by atoms with Gasteiger partial charge in [-0.05, 0) is 50.5 Å². The Kier molecular flexibility index (Phi) is 15.1. The number of hydrogen-bond donors (Lipinski definition) is 3. The quantitative estimate of drug-likeness (QED) is 0.299. The van der Waals surface area contributed by atoms with Gasteiger partial charge in [-0.25, -0.2) is 4.79 Å². The Morgan fingerprint density at radius 1 is 1.12 bits per heavy atom. The van der Waals surface area contributed by atoms with Crippen LogP contribution in [0.3, 0.4) is 0 Å². The number of nitrogens with two attached hydrogens (primary N) is 2. The average Bonchev–Trinajstić information content (AvgIpc) is 2.80. The summed E-state index contributed by atoms with van der Waals surface area (Å²) < 4.78 is 5.26. The number of nitrogens with one attached hydrogen (secondary N) is 1. The summed E-state index contributed by atoms with van der Waals surface area (Å²) in [6.45, 7) is 12.0. The Balaban J connectivity index is 0.00000497. The Labute approximate surface area is 204 Å². The normalized spacial score (nSPS) is 13.6. The minimum atomic E-state index is -0.569. The number of carbonyl (C=O) groups excluding carboxylic acids is 1. The van der Waals surface area contributed by atoms with Crippen LogP contribution >= 0.6 is 11.6 Å². The maximum atomic E-state index is 12.2. The lowest BCUT2D eigenvalue weighted by atomic mass is 10.0. The SMILES string of the molecule is CC.CC/C=C(C)/C(N)=C\C=C(/C)C(=NC)/C(CNC(=O)OCc1ccccc1Cl)=C(/C)N. The highest BCUT2D eigenvalue weighted by Crippen LogP contribution is 2.16. The monoisotopic (exact) mass is 474 g/mol. The minimum Gasteiger partial charge on any atom is -0.445 e. The molecule has 0 unspecified atom stereocenters. The molecule has 1 amide bonds. The number of hydrogen-bond acceptors (Lipinski definition) is 5. The van der Waals surface area contributed by atoms with Gasteiger partial charge in [0, 0.05) is 41.1 Å². The van der Waals surface area contributed by atoms with Crippen LogP contribution in [0.4, 0.5) is 4.79 Å². The smallest absolute Gasteiger partial charge is 0.407 e. The van der Waals surface area contributed by atoms with E-state index in [1.807, 2.05) is 52.0 Å². The van der Waals surface area contributed by atoms with E-state index in [0.717, 1.165) is 23.1 Å². The summed E-state index contributed by atoms with van der Waals surface area (Å²) in [5.74, 6) is 0. The third-order valence-corrected chi connectivity index (χ3v) is 4.93. The van der Waals surface area contributed by atoms with Crippen LogP contribution in [0.1, 0.15) is 53.5 Å². The van der Waals surface area contributed by atoms with Crippen molar-refractivity contribution in [2.24, 2.45) is 16.5 Å². The zero-order chi connectivity index (χ0) is 25.4. The summed E-state index contributed by atoms with van der Waals surface area (Å²) in [5.41, 5.74) is 17.5. The highest BCUT2D eigenvalue weighted by molar-refractivity contribution is 6.31. The second-order valence-electron chi connectivity index (χ2n) is 7.02. The van der Waals surface area contributed by atoms with Crippen LogP contribution in [0.25, 0.3) is 0 Å². The lowest BCUT2D eigenvalue weighted by molar-refractivity contribution is 0.140. The van der Waals surface area contributed by atoms with Gasteiger partial charge in [0.2, 0.25) is 0 Å². The molecule has 0 aromatic heterocycles. The second-order valence-corrected chi connectivity index (χ2v) is 7.43. The third-order valence-electron chi connectivity index (χ3n) is 4.56. The number of nitrogens with zero attached hydrogens (tertiary/aromatic N) is 1. The molecule has 7 heteroatoms. The molecule has 0 saturated carbocycles. The first-order valence-electron chi connectivity index (χ1n) is 11.1. The summed E-state index contributed by atoms with van der Waals surface area (Å²) in [4.78, 5) is 16.5.